The molecule has 0 bridgehead atoms. The average Bonchev–Trinajstić information content (AvgIpc) is 2.53. The third-order valence-electron chi connectivity index (χ3n) is 3.27. The Morgan fingerprint density at radius 2 is 2.31 bits per heavy atom. The standard InChI is InChI=1S/C9H14N2O2/c1-5(2)9(4-6(9)3)7-10-8(12)13-11-7/h5-6H,4H2,1-3H3,(H,10,11,12). The van der Waals surface area contributed by atoms with Crippen LogP contribution in [0.3, 0.4) is 0 Å². The quantitative estimate of drug-likeness (QED) is 0.749. The van der Waals surface area contributed by atoms with E-state index in [-0.39, 0.29) is 5.41 Å². The Labute approximate surface area is 76.3 Å². The van der Waals surface area contributed by atoms with Crippen molar-refractivity contribution in [3.8, 4) is 0 Å². The Morgan fingerprint density at radius 3 is 2.62 bits per heavy atom. The van der Waals surface area contributed by atoms with Crippen molar-refractivity contribution in [2.24, 2.45) is 11.8 Å². The van der Waals surface area contributed by atoms with Gasteiger partial charge < -0.3 is 0 Å². The predicted molar refractivity (Wildman–Crippen MR) is 47.4 cm³/mol. The SMILES string of the molecule is CC(C)C1(c2noc(=O)[nH]2)CC1C. The van der Waals surface area contributed by atoms with Crippen LogP contribution in [0.1, 0.15) is 33.0 Å². The number of hydrogen-bond donors (Lipinski definition) is 1. The number of H-pyrrole nitrogens is 1. The van der Waals surface area contributed by atoms with Crippen LogP contribution >= 0.6 is 0 Å². The molecule has 0 spiro atoms. The molecule has 1 fully saturated rings. The summed E-state index contributed by atoms with van der Waals surface area (Å²) in [7, 11) is 0. The number of aromatic nitrogens is 2. The van der Waals surface area contributed by atoms with Crippen LogP contribution in [0.15, 0.2) is 9.32 Å². The molecule has 1 N–H and O–H groups in total. The second kappa shape index (κ2) is 2.47. The summed E-state index contributed by atoms with van der Waals surface area (Å²) in [5.74, 6) is 1.35. The highest BCUT2D eigenvalue weighted by molar-refractivity contribution is 5.21. The van der Waals surface area contributed by atoms with Crippen molar-refractivity contribution >= 4 is 0 Å². The molecule has 2 unspecified atom stereocenters. The first-order valence-electron chi connectivity index (χ1n) is 4.64. The minimum Gasteiger partial charge on any atom is -0.296 e. The molecule has 1 aliphatic rings. The van der Waals surface area contributed by atoms with Gasteiger partial charge in [0.1, 0.15) is 0 Å². The first-order valence-corrected chi connectivity index (χ1v) is 4.64. The van der Waals surface area contributed by atoms with Gasteiger partial charge in [-0.05, 0) is 18.3 Å². The fraction of sp³-hybridized carbons (Fsp3) is 0.778. The van der Waals surface area contributed by atoms with E-state index in [0.717, 1.165) is 12.2 Å². The van der Waals surface area contributed by atoms with E-state index in [1.54, 1.807) is 0 Å². The summed E-state index contributed by atoms with van der Waals surface area (Å²) < 4.78 is 4.53. The molecule has 1 saturated carbocycles. The highest BCUT2D eigenvalue weighted by atomic mass is 16.5. The van der Waals surface area contributed by atoms with Crippen molar-refractivity contribution < 1.29 is 4.52 Å². The first-order chi connectivity index (χ1) is 6.07. The minimum absolute atomic E-state index is 0.0617. The molecule has 0 radical (unpaired) electrons. The molecule has 13 heavy (non-hydrogen) atoms. The van der Waals surface area contributed by atoms with Crippen LogP contribution in [0.5, 0.6) is 0 Å². The van der Waals surface area contributed by atoms with Gasteiger partial charge in [0.2, 0.25) is 0 Å². The van der Waals surface area contributed by atoms with Crippen LogP contribution in [0, 0.1) is 11.8 Å². The maximum Gasteiger partial charge on any atom is 0.438 e. The highest BCUT2D eigenvalue weighted by Crippen LogP contribution is 2.57. The van der Waals surface area contributed by atoms with E-state index in [0.29, 0.717) is 11.8 Å². The molecule has 0 aliphatic heterocycles. The lowest BCUT2D eigenvalue weighted by molar-refractivity contribution is 0.356. The van der Waals surface area contributed by atoms with Crippen molar-refractivity contribution in [1.82, 2.24) is 10.1 Å². The molecule has 2 atom stereocenters. The van der Waals surface area contributed by atoms with Gasteiger partial charge in [-0.25, -0.2) is 4.79 Å². The normalized spacial score (nSPS) is 32.5. The monoisotopic (exact) mass is 182 g/mol. The van der Waals surface area contributed by atoms with Gasteiger partial charge in [-0.3, -0.25) is 9.51 Å². The zero-order valence-electron chi connectivity index (χ0n) is 8.13. The Morgan fingerprint density at radius 1 is 1.69 bits per heavy atom. The van der Waals surface area contributed by atoms with Crippen LogP contribution in [0.2, 0.25) is 0 Å². The summed E-state index contributed by atoms with van der Waals surface area (Å²) in [6, 6.07) is 0. The molecule has 4 heteroatoms. The first kappa shape index (κ1) is 8.53. The molecule has 0 aromatic carbocycles. The largest absolute Gasteiger partial charge is 0.438 e. The van der Waals surface area contributed by atoms with E-state index in [4.69, 9.17) is 0 Å². The van der Waals surface area contributed by atoms with Crippen LogP contribution in [-0.4, -0.2) is 10.1 Å². The maximum atomic E-state index is 10.8. The van der Waals surface area contributed by atoms with Gasteiger partial charge in [-0.2, -0.15) is 0 Å². The predicted octanol–water partition coefficient (Wildman–Crippen LogP) is 1.30. The van der Waals surface area contributed by atoms with Gasteiger partial charge in [0.05, 0.1) is 0 Å². The Bertz CT molecular complexity index is 366. The number of hydrogen-bond acceptors (Lipinski definition) is 3. The smallest absolute Gasteiger partial charge is 0.296 e. The molecule has 1 heterocycles. The third-order valence-corrected chi connectivity index (χ3v) is 3.27. The lowest BCUT2D eigenvalue weighted by Crippen LogP contribution is -2.20. The zero-order valence-corrected chi connectivity index (χ0v) is 8.13. The van der Waals surface area contributed by atoms with Crippen LogP contribution < -0.4 is 5.76 Å². The van der Waals surface area contributed by atoms with E-state index >= 15 is 0 Å². The van der Waals surface area contributed by atoms with E-state index in [1.165, 1.54) is 0 Å². The van der Waals surface area contributed by atoms with E-state index in [1.807, 2.05) is 0 Å². The Hall–Kier alpha value is -1.06. The topological polar surface area (TPSA) is 58.9 Å². The molecule has 0 amide bonds. The van der Waals surface area contributed by atoms with Crippen LogP contribution in [-0.2, 0) is 5.41 Å². The molecule has 2 rings (SSSR count). The molecular formula is C9H14N2O2. The minimum atomic E-state index is -0.450. The van der Waals surface area contributed by atoms with Crippen molar-refractivity contribution in [2.75, 3.05) is 0 Å². The summed E-state index contributed by atoms with van der Waals surface area (Å²) in [5.41, 5.74) is 0.0617. The second-order valence-electron chi connectivity index (χ2n) is 4.24. The lowest BCUT2D eigenvalue weighted by Gasteiger charge is -2.16. The Balaban J connectivity index is 2.39. The number of nitrogens with one attached hydrogen (secondary N) is 1. The highest BCUT2D eigenvalue weighted by Gasteiger charge is 2.57. The maximum absolute atomic E-state index is 10.8. The molecule has 4 nitrogen and oxygen atoms in total. The molecule has 72 valence electrons. The van der Waals surface area contributed by atoms with Crippen molar-refractivity contribution in [1.29, 1.82) is 0 Å². The fourth-order valence-electron chi connectivity index (χ4n) is 2.29. The summed E-state index contributed by atoms with van der Waals surface area (Å²) in [6.45, 7) is 6.47. The van der Waals surface area contributed by atoms with Gasteiger partial charge >= 0.3 is 5.76 Å². The van der Waals surface area contributed by atoms with Gasteiger partial charge in [-0.15, -0.1) is 0 Å². The third kappa shape index (κ3) is 1.04. The molecule has 0 saturated heterocycles. The zero-order chi connectivity index (χ0) is 9.64. The van der Waals surface area contributed by atoms with Gasteiger partial charge in [0.15, 0.2) is 5.82 Å². The summed E-state index contributed by atoms with van der Waals surface area (Å²) in [4.78, 5) is 13.5. The summed E-state index contributed by atoms with van der Waals surface area (Å²) >= 11 is 0. The summed E-state index contributed by atoms with van der Waals surface area (Å²) in [5, 5.41) is 3.78. The van der Waals surface area contributed by atoms with Crippen LogP contribution in [0.25, 0.3) is 0 Å². The van der Waals surface area contributed by atoms with Gasteiger partial charge in [0, 0.05) is 5.41 Å². The number of nitrogens with zero attached hydrogens (tertiary/aromatic N) is 1. The molecule has 1 aromatic rings. The van der Waals surface area contributed by atoms with E-state index in [9.17, 15) is 4.79 Å². The van der Waals surface area contributed by atoms with Crippen LogP contribution in [0.4, 0.5) is 0 Å². The fourth-order valence-corrected chi connectivity index (χ4v) is 2.29. The van der Waals surface area contributed by atoms with Gasteiger partial charge in [-0.1, -0.05) is 25.9 Å². The molecule has 1 aliphatic carbocycles. The van der Waals surface area contributed by atoms with E-state index < -0.39 is 5.76 Å². The number of rotatable bonds is 2. The Kier molecular flexibility index (Phi) is 1.62. The van der Waals surface area contributed by atoms with E-state index in [2.05, 4.69) is 35.4 Å². The molecule has 1 aromatic heterocycles. The summed E-state index contributed by atoms with van der Waals surface area (Å²) in [6.07, 6.45) is 1.09. The van der Waals surface area contributed by atoms with Crippen molar-refractivity contribution in [3.63, 3.8) is 0 Å². The van der Waals surface area contributed by atoms with Crippen molar-refractivity contribution in [3.05, 3.63) is 16.4 Å². The molecular weight excluding hydrogens is 168 g/mol. The van der Waals surface area contributed by atoms with Gasteiger partial charge in [0.25, 0.3) is 0 Å². The van der Waals surface area contributed by atoms with Crippen molar-refractivity contribution in [2.45, 2.75) is 32.6 Å². The average molecular weight is 182 g/mol. The number of aromatic amines is 1. The lowest BCUT2D eigenvalue weighted by atomic mass is 9.89. The second-order valence-corrected chi connectivity index (χ2v) is 4.24.